The average molecular weight is 617 g/mol. The minimum atomic E-state index is -4.10. The Balaban J connectivity index is 2.03. The third-order valence-corrected chi connectivity index (χ3v) is 8.19. The van der Waals surface area contributed by atoms with E-state index in [1.807, 2.05) is 26.8 Å². The Hall–Kier alpha value is -3.37. The van der Waals surface area contributed by atoms with Gasteiger partial charge in [0.05, 0.1) is 17.7 Å². The van der Waals surface area contributed by atoms with Gasteiger partial charge in [-0.05, 0) is 81.8 Å². The molecule has 0 saturated carbocycles. The zero-order chi connectivity index (χ0) is 28.8. The Bertz CT molecular complexity index is 1390. The van der Waals surface area contributed by atoms with E-state index in [1.54, 1.807) is 74.7 Å². The molecule has 8 nitrogen and oxygen atoms in total. The molecule has 0 bridgehead atoms. The van der Waals surface area contributed by atoms with Crippen molar-refractivity contribution in [1.29, 1.82) is 0 Å². The van der Waals surface area contributed by atoms with Gasteiger partial charge in [-0.15, -0.1) is 0 Å². The summed E-state index contributed by atoms with van der Waals surface area (Å²) in [6.07, 6.45) is 0. The van der Waals surface area contributed by atoms with E-state index in [-0.39, 0.29) is 17.3 Å². The van der Waals surface area contributed by atoms with Crippen molar-refractivity contribution in [2.45, 2.75) is 50.7 Å². The molecule has 0 aliphatic carbocycles. The molecular weight excluding hydrogens is 582 g/mol. The standard InChI is InChI=1S/C29H34BrN3O5S/c1-21(28(35)31-29(2,3)4)32(19-22-10-9-11-25(18-22)38-5)27(34)20-33(24-16-14-23(30)15-17-24)39(36,37)26-12-7-6-8-13-26/h6-18,21H,19-20H2,1-5H3,(H,31,35)/t21-/m0/s1. The van der Waals surface area contributed by atoms with Crippen LogP contribution in [-0.4, -0.2) is 50.4 Å². The molecule has 39 heavy (non-hydrogen) atoms. The molecule has 2 amide bonds. The minimum absolute atomic E-state index is 0.0542. The molecule has 10 heteroatoms. The molecule has 1 N–H and O–H groups in total. The number of ether oxygens (including phenoxy) is 1. The summed E-state index contributed by atoms with van der Waals surface area (Å²) in [5.41, 5.74) is 0.540. The van der Waals surface area contributed by atoms with Crippen LogP contribution in [-0.2, 0) is 26.2 Å². The first-order valence-corrected chi connectivity index (χ1v) is 14.6. The first-order valence-electron chi connectivity index (χ1n) is 12.4. The highest BCUT2D eigenvalue weighted by Gasteiger charge is 2.33. The zero-order valence-electron chi connectivity index (χ0n) is 22.7. The Morgan fingerprint density at radius 2 is 1.62 bits per heavy atom. The fraction of sp³-hybridized carbons (Fsp3) is 0.310. The van der Waals surface area contributed by atoms with Crippen molar-refractivity contribution in [2.75, 3.05) is 18.0 Å². The van der Waals surface area contributed by atoms with Crippen LogP contribution in [0.1, 0.15) is 33.3 Å². The molecule has 0 heterocycles. The first-order chi connectivity index (χ1) is 18.3. The van der Waals surface area contributed by atoms with Crippen LogP contribution in [0.25, 0.3) is 0 Å². The van der Waals surface area contributed by atoms with E-state index >= 15 is 0 Å². The number of carbonyl (C=O) groups is 2. The number of sulfonamides is 1. The zero-order valence-corrected chi connectivity index (χ0v) is 25.1. The number of nitrogens with one attached hydrogen (secondary N) is 1. The molecule has 208 valence electrons. The summed E-state index contributed by atoms with van der Waals surface area (Å²) in [5.74, 6) is -0.272. The minimum Gasteiger partial charge on any atom is -0.497 e. The molecule has 0 fully saturated rings. The normalized spacial score (nSPS) is 12.4. The van der Waals surface area contributed by atoms with Crippen LogP contribution < -0.4 is 14.4 Å². The Labute approximate surface area is 239 Å². The van der Waals surface area contributed by atoms with Gasteiger partial charge in [-0.2, -0.15) is 0 Å². The number of hydrogen-bond donors (Lipinski definition) is 1. The Kier molecular flexibility index (Phi) is 9.79. The van der Waals surface area contributed by atoms with Crippen molar-refractivity contribution in [2.24, 2.45) is 0 Å². The van der Waals surface area contributed by atoms with Crippen molar-refractivity contribution in [3.8, 4) is 5.75 Å². The molecule has 0 aromatic heterocycles. The molecular formula is C29H34BrN3O5S. The lowest BCUT2D eigenvalue weighted by Gasteiger charge is -2.33. The SMILES string of the molecule is COc1cccc(CN(C(=O)CN(c2ccc(Br)cc2)S(=O)(=O)c2ccccc2)[C@@H](C)C(=O)NC(C)(C)C)c1. The van der Waals surface area contributed by atoms with Crippen molar-refractivity contribution in [3.05, 3.63) is 88.9 Å². The van der Waals surface area contributed by atoms with Gasteiger partial charge in [-0.3, -0.25) is 13.9 Å². The van der Waals surface area contributed by atoms with Crippen molar-refractivity contribution < 1.29 is 22.7 Å². The maximum Gasteiger partial charge on any atom is 0.264 e. The van der Waals surface area contributed by atoms with Crippen LogP contribution in [0.4, 0.5) is 5.69 Å². The number of nitrogens with zero attached hydrogens (tertiary/aromatic N) is 2. The van der Waals surface area contributed by atoms with Gasteiger partial charge in [-0.25, -0.2) is 8.42 Å². The molecule has 3 aromatic rings. The maximum atomic E-state index is 13.9. The molecule has 0 radical (unpaired) electrons. The highest BCUT2D eigenvalue weighted by molar-refractivity contribution is 9.10. The van der Waals surface area contributed by atoms with Crippen molar-refractivity contribution in [1.82, 2.24) is 10.2 Å². The molecule has 3 rings (SSSR count). The molecule has 3 aromatic carbocycles. The fourth-order valence-electron chi connectivity index (χ4n) is 3.88. The van der Waals surface area contributed by atoms with Gasteiger partial charge >= 0.3 is 0 Å². The van der Waals surface area contributed by atoms with Gasteiger partial charge in [-0.1, -0.05) is 46.3 Å². The van der Waals surface area contributed by atoms with Crippen LogP contribution in [0.3, 0.4) is 0 Å². The van der Waals surface area contributed by atoms with Gasteiger partial charge < -0.3 is 15.0 Å². The van der Waals surface area contributed by atoms with Gasteiger partial charge in [0.25, 0.3) is 10.0 Å². The summed E-state index contributed by atoms with van der Waals surface area (Å²) in [6, 6.07) is 20.9. The number of methoxy groups -OCH3 is 1. The van der Waals surface area contributed by atoms with Crippen LogP contribution in [0.2, 0.25) is 0 Å². The Morgan fingerprint density at radius 1 is 0.974 bits per heavy atom. The predicted molar refractivity (Wildman–Crippen MR) is 156 cm³/mol. The van der Waals surface area contributed by atoms with Crippen molar-refractivity contribution >= 4 is 43.5 Å². The van der Waals surface area contributed by atoms with E-state index in [0.29, 0.717) is 11.4 Å². The highest BCUT2D eigenvalue weighted by Crippen LogP contribution is 2.26. The number of hydrogen-bond acceptors (Lipinski definition) is 5. The van der Waals surface area contributed by atoms with E-state index in [4.69, 9.17) is 4.74 Å². The molecule has 0 saturated heterocycles. The summed E-state index contributed by atoms with van der Waals surface area (Å²) in [4.78, 5) is 28.5. The summed E-state index contributed by atoms with van der Waals surface area (Å²) < 4.78 is 34.7. The second-order valence-electron chi connectivity index (χ2n) is 10.1. The maximum absolute atomic E-state index is 13.9. The average Bonchev–Trinajstić information content (AvgIpc) is 2.90. The lowest BCUT2D eigenvalue weighted by atomic mass is 10.1. The van der Waals surface area contributed by atoms with E-state index in [2.05, 4.69) is 21.2 Å². The third-order valence-electron chi connectivity index (χ3n) is 5.88. The monoisotopic (exact) mass is 615 g/mol. The molecule has 1 atom stereocenters. The molecule has 0 aliphatic heterocycles. The number of benzene rings is 3. The van der Waals surface area contributed by atoms with Gasteiger partial charge in [0.1, 0.15) is 18.3 Å². The third kappa shape index (κ3) is 8.06. The van der Waals surface area contributed by atoms with Crippen molar-refractivity contribution in [3.63, 3.8) is 0 Å². The largest absolute Gasteiger partial charge is 0.497 e. The van der Waals surface area contributed by atoms with Crippen LogP contribution in [0, 0.1) is 0 Å². The van der Waals surface area contributed by atoms with Gasteiger partial charge in [0.15, 0.2) is 0 Å². The number of amides is 2. The smallest absolute Gasteiger partial charge is 0.264 e. The highest BCUT2D eigenvalue weighted by atomic mass is 79.9. The summed E-state index contributed by atoms with van der Waals surface area (Å²) in [6.45, 7) is 6.77. The van der Waals surface area contributed by atoms with Crippen LogP contribution >= 0.6 is 15.9 Å². The molecule has 0 unspecified atom stereocenters. The summed E-state index contributed by atoms with van der Waals surface area (Å²) in [5, 5.41) is 2.92. The van der Waals surface area contributed by atoms with Crippen LogP contribution in [0.15, 0.2) is 88.2 Å². The van der Waals surface area contributed by atoms with Gasteiger partial charge in [0, 0.05) is 16.6 Å². The number of rotatable bonds is 10. The fourth-order valence-corrected chi connectivity index (χ4v) is 5.58. The van der Waals surface area contributed by atoms with E-state index in [0.717, 1.165) is 14.3 Å². The van der Waals surface area contributed by atoms with Gasteiger partial charge in [0.2, 0.25) is 11.8 Å². The van der Waals surface area contributed by atoms with E-state index in [9.17, 15) is 18.0 Å². The number of halogens is 1. The number of carbonyl (C=O) groups excluding carboxylic acids is 2. The second-order valence-corrected chi connectivity index (χ2v) is 12.9. The lowest BCUT2D eigenvalue weighted by Crippen LogP contribution is -2.54. The Morgan fingerprint density at radius 3 is 2.21 bits per heavy atom. The van der Waals surface area contributed by atoms with Crippen LogP contribution in [0.5, 0.6) is 5.75 Å². The lowest BCUT2D eigenvalue weighted by molar-refractivity contribution is -0.140. The second kappa shape index (κ2) is 12.7. The van der Waals surface area contributed by atoms with E-state index in [1.165, 1.54) is 17.0 Å². The first kappa shape index (κ1) is 30.2. The van der Waals surface area contributed by atoms with E-state index < -0.39 is 34.1 Å². The molecule has 0 aliphatic rings. The number of anilines is 1. The molecule has 0 spiro atoms. The summed E-state index contributed by atoms with van der Waals surface area (Å²) >= 11 is 3.37. The topological polar surface area (TPSA) is 96.0 Å². The summed E-state index contributed by atoms with van der Waals surface area (Å²) in [7, 11) is -2.56. The predicted octanol–water partition coefficient (Wildman–Crippen LogP) is 4.99. The quantitative estimate of drug-likeness (QED) is 0.347.